The number of carbonyl (C=O) groups excluding carboxylic acids is 1. The molecule has 8 nitrogen and oxygen atoms in total. The largest absolute Gasteiger partial charge is 0.477 e. The molecule has 0 saturated heterocycles. The molecule has 0 atom stereocenters. The number of hydrogen-bond donors (Lipinski definition) is 1. The Labute approximate surface area is 153 Å². The van der Waals surface area contributed by atoms with E-state index in [0.717, 1.165) is 0 Å². The van der Waals surface area contributed by atoms with E-state index < -0.39 is 0 Å². The summed E-state index contributed by atoms with van der Waals surface area (Å²) in [6.45, 7) is -0.285. The van der Waals surface area contributed by atoms with E-state index in [4.69, 9.17) is 9.15 Å². The van der Waals surface area contributed by atoms with Gasteiger partial charge in [0.15, 0.2) is 11.8 Å². The van der Waals surface area contributed by atoms with Gasteiger partial charge in [-0.15, -0.1) is 10.2 Å². The molecule has 0 aliphatic rings. The van der Waals surface area contributed by atoms with Crippen LogP contribution in [0.1, 0.15) is 5.76 Å². The number of hydrogen-bond acceptors (Lipinski definition) is 7. The first kappa shape index (κ1) is 17.7. The van der Waals surface area contributed by atoms with Gasteiger partial charge in [0, 0.05) is 18.8 Å². The van der Waals surface area contributed by atoms with Gasteiger partial charge in [0.05, 0.1) is 5.75 Å². The Morgan fingerprint density at radius 1 is 1.35 bits per heavy atom. The second-order valence-corrected chi connectivity index (χ2v) is 6.23. The van der Waals surface area contributed by atoms with Crippen molar-refractivity contribution in [1.82, 2.24) is 14.8 Å². The number of nitrogens with zero attached hydrogens (tertiary/aromatic N) is 3. The highest BCUT2D eigenvalue weighted by Crippen LogP contribution is 2.19. The van der Waals surface area contributed by atoms with E-state index in [1.165, 1.54) is 24.1 Å². The van der Waals surface area contributed by atoms with Crippen LogP contribution in [0.15, 0.2) is 63.4 Å². The third-order valence-corrected chi connectivity index (χ3v) is 4.34. The van der Waals surface area contributed by atoms with E-state index >= 15 is 0 Å². The van der Waals surface area contributed by atoms with Crippen molar-refractivity contribution in [3.63, 3.8) is 0 Å². The first-order valence-corrected chi connectivity index (χ1v) is 8.66. The number of ether oxygens (including phenoxy) is 1. The van der Waals surface area contributed by atoms with Crippen molar-refractivity contribution in [2.75, 3.05) is 11.9 Å². The fourth-order valence-electron chi connectivity index (χ4n) is 2.02. The molecule has 9 heteroatoms. The van der Waals surface area contributed by atoms with Gasteiger partial charge in [-0.05, 0) is 12.1 Å². The van der Waals surface area contributed by atoms with Crippen molar-refractivity contribution < 1.29 is 13.9 Å². The number of thioether (sulfide) groups is 1. The monoisotopic (exact) mass is 372 g/mol. The summed E-state index contributed by atoms with van der Waals surface area (Å²) in [6, 6.07) is 10.3. The number of aryl methyl sites for hydroxylation is 1. The van der Waals surface area contributed by atoms with Crippen LogP contribution in [-0.4, -0.2) is 27.3 Å². The molecule has 2 aromatic heterocycles. The lowest BCUT2D eigenvalue weighted by Crippen LogP contribution is -2.22. The van der Waals surface area contributed by atoms with Crippen LogP contribution in [0.25, 0.3) is 0 Å². The minimum absolute atomic E-state index is 0.0133. The Bertz CT molecular complexity index is 939. The number of para-hydroxylation sites is 1. The highest BCUT2D eigenvalue weighted by Gasteiger charge is 2.10. The summed E-state index contributed by atoms with van der Waals surface area (Å²) in [5.41, 5.74) is 0.307. The maximum Gasteiger partial charge on any atom is 0.262 e. The van der Waals surface area contributed by atoms with Gasteiger partial charge in [0.1, 0.15) is 18.4 Å². The summed E-state index contributed by atoms with van der Waals surface area (Å²) in [6.07, 6.45) is 2.81. The predicted molar refractivity (Wildman–Crippen MR) is 96.1 cm³/mol. The third kappa shape index (κ3) is 4.73. The maximum absolute atomic E-state index is 12.1. The SMILES string of the molecule is Cn1cnnc1SCc1cc(=O)c(OCC(=O)Nc2ccccc2)co1. The highest BCUT2D eigenvalue weighted by molar-refractivity contribution is 7.98. The van der Waals surface area contributed by atoms with E-state index in [1.54, 1.807) is 23.0 Å². The number of benzene rings is 1. The Hall–Kier alpha value is -3.07. The third-order valence-electron chi connectivity index (χ3n) is 3.28. The molecule has 0 bridgehead atoms. The van der Waals surface area contributed by atoms with Gasteiger partial charge in [-0.2, -0.15) is 0 Å². The minimum Gasteiger partial charge on any atom is -0.477 e. The summed E-state index contributed by atoms with van der Waals surface area (Å²) in [5.74, 6) is 0.526. The Morgan fingerprint density at radius 3 is 2.85 bits per heavy atom. The van der Waals surface area contributed by atoms with Crippen LogP contribution >= 0.6 is 11.8 Å². The molecule has 1 amide bonds. The highest BCUT2D eigenvalue weighted by atomic mass is 32.2. The number of nitrogens with one attached hydrogen (secondary N) is 1. The molecular formula is C17H16N4O4S. The van der Waals surface area contributed by atoms with Gasteiger partial charge in [-0.25, -0.2) is 0 Å². The smallest absolute Gasteiger partial charge is 0.262 e. The van der Waals surface area contributed by atoms with Crippen molar-refractivity contribution in [2.45, 2.75) is 10.9 Å². The van der Waals surface area contributed by atoms with Crippen molar-refractivity contribution in [3.8, 4) is 5.75 Å². The fourth-order valence-corrected chi connectivity index (χ4v) is 2.80. The fraction of sp³-hybridized carbons (Fsp3) is 0.176. The summed E-state index contributed by atoms with van der Waals surface area (Å²) in [4.78, 5) is 23.9. The standard InChI is InChI=1S/C17H16N4O4S/c1-21-11-18-20-17(21)26-10-13-7-14(22)15(8-24-13)25-9-16(23)19-12-5-3-2-4-6-12/h2-8,11H,9-10H2,1H3,(H,19,23). The second kappa shape index (κ2) is 8.34. The molecule has 0 aliphatic carbocycles. The summed E-state index contributed by atoms with van der Waals surface area (Å²) in [7, 11) is 1.83. The molecule has 0 unspecified atom stereocenters. The van der Waals surface area contributed by atoms with Crippen LogP contribution in [0.5, 0.6) is 5.75 Å². The molecule has 0 saturated carbocycles. The first-order chi connectivity index (χ1) is 12.6. The zero-order valence-corrected chi connectivity index (χ0v) is 14.7. The van der Waals surface area contributed by atoms with Gasteiger partial charge in [-0.1, -0.05) is 30.0 Å². The van der Waals surface area contributed by atoms with Crippen LogP contribution in [0.3, 0.4) is 0 Å². The quantitative estimate of drug-likeness (QED) is 0.634. The summed E-state index contributed by atoms with van der Waals surface area (Å²) < 4.78 is 12.4. The lowest BCUT2D eigenvalue weighted by Gasteiger charge is -2.07. The van der Waals surface area contributed by atoms with Crippen molar-refractivity contribution >= 4 is 23.4 Å². The molecule has 0 fully saturated rings. The van der Waals surface area contributed by atoms with Crippen LogP contribution in [0, 0.1) is 0 Å². The van der Waals surface area contributed by atoms with Gasteiger partial charge >= 0.3 is 0 Å². The molecule has 3 rings (SSSR count). The molecule has 3 aromatic rings. The molecule has 0 spiro atoms. The lowest BCUT2D eigenvalue weighted by atomic mass is 10.3. The zero-order chi connectivity index (χ0) is 18.4. The topological polar surface area (TPSA) is 99.3 Å². The number of amides is 1. The number of carbonyl (C=O) groups is 1. The number of aromatic nitrogens is 3. The average Bonchev–Trinajstić information content (AvgIpc) is 3.05. The second-order valence-electron chi connectivity index (χ2n) is 5.29. The van der Waals surface area contributed by atoms with E-state index in [-0.39, 0.29) is 23.7 Å². The molecule has 134 valence electrons. The number of rotatable bonds is 7. The zero-order valence-electron chi connectivity index (χ0n) is 13.9. The van der Waals surface area contributed by atoms with Gasteiger partial charge < -0.3 is 19.0 Å². The molecule has 26 heavy (non-hydrogen) atoms. The number of anilines is 1. The maximum atomic E-state index is 12.1. The predicted octanol–water partition coefficient (Wildman–Crippen LogP) is 2.08. The van der Waals surface area contributed by atoms with E-state index in [2.05, 4.69) is 15.5 Å². The van der Waals surface area contributed by atoms with Crippen LogP contribution in [0.2, 0.25) is 0 Å². The van der Waals surface area contributed by atoms with E-state index in [1.807, 2.05) is 25.2 Å². The van der Waals surface area contributed by atoms with Crippen molar-refractivity contribution in [1.29, 1.82) is 0 Å². The molecule has 0 radical (unpaired) electrons. The van der Waals surface area contributed by atoms with Crippen molar-refractivity contribution in [2.24, 2.45) is 7.05 Å². The molecule has 2 heterocycles. The van der Waals surface area contributed by atoms with Crippen LogP contribution in [-0.2, 0) is 17.6 Å². The molecule has 0 aliphatic heterocycles. The Morgan fingerprint density at radius 2 is 2.15 bits per heavy atom. The molecular weight excluding hydrogens is 356 g/mol. The van der Waals surface area contributed by atoms with E-state index in [9.17, 15) is 9.59 Å². The molecule has 1 N–H and O–H groups in total. The van der Waals surface area contributed by atoms with Gasteiger partial charge in [-0.3, -0.25) is 9.59 Å². The van der Waals surface area contributed by atoms with Crippen molar-refractivity contribution in [3.05, 3.63) is 65.0 Å². The summed E-state index contributed by atoms with van der Waals surface area (Å²) in [5, 5.41) is 11.1. The van der Waals surface area contributed by atoms with Crippen LogP contribution in [0.4, 0.5) is 5.69 Å². The minimum atomic E-state index is -0.363. The van der Waals surface area contributed by atoms with Gasteiger partial charge in [0.2, 0.25) is 11.2 Å². The Balaban J connectivity index is 1.53. The van der Waals surface area contributed by atoms with Crippen LogP contribution < -0.4 is 15.5 Å². The molecule has 1 aromatic carbocycles. The average molecular weight is 372 g/mol. The Kier molecular flexibility index (Phi) is 5.69. The van der Waals surface area contributed by atoms with Gasteiger partial charge in [0.25, 0.3) is 5.91 Å². The normalized spacial score (nSPS) is 10.5. The lowest BCUT2D eigenvalue weighted by molar-refractivity contribution is -0.118. The van der Waals surface area contributed by atoms with E-state index in [0.29, 0.717) is 22.4 Å². The summed E-state index contributed by atoms with van der Waals surface area (Å²) >= 11 is 1.39. The first-order valence-electron chi connectivity index (χ1n) is 7.68.